The Labute approximate surface area is 96.6 Å². The van der Waals surface area contributed by atoms with Crippen molar-refractivity contribution >= 4 is 19.7 Å². The smallest absolute Gasteiger partial charge is 0.141 e. The molecular formula is C9H18ClN3OSi. The zero-order chi connectivity index (χ0) is 11.3. The van der Waals surface area contributed by atoms with Gasteiger partial charge in [-0.1, -0.05) is 24.9 Å². The highest BCUT2D eigenvalue weighted by atomic mass is 35.5. The number of ether oxygens (including phenoxy) is 1. The van der Waals surface area contributed by atoms with Crippen LogP contribution in [0.15, 0.2) is 6.20 Å². The van der Waals surface area contributed by atoms with Gasteiger partial charge in [0.1, 0.15) is 6.73 Å². The van der Waals surface area contributed by atoms with Crippen molar-refractivity contribution in [3.63, 3.8) is 0 Å². The summed E-state index contributed by atoms with van der Waals surface area (Å²) in [5.74, 6) is 0.421. The molecule has 0 bridgehead atoms. The summed E-state index contributed by atoms with van der Waals surface area (Å²) in [7, 11) is -0.998. The van der Waals surface area contributed by atoms with E-state index in [1.165, 1.54) is 0 Å². The van der Waals surface area contributed by atoms with Crippen LogP contribution < -0.4 is 0 Å². The third kappa shape index (κ3) is 4.77. The van der Waals surface area contributed by atoms with Gasteiger partial charge in [-0.15, -0.1) is 16.7 Å². The molecule has 0 radical (unpaired) electrons. The summed E-state index contributed by atoms with van der Waals surface area (Å²) in [5, 5.41) is 7.67. The molecule has 0 aliphatic rings. The lowest BCUT2D eigenvalue weighted by Gasteiger charge is -2.15. The molecule has 15 heavy (non-hydrogen) atoms. The number of alkyl halides is 1. The predicted molar refractivity (Wildman–Crippen MR) is 63.7 cm³/mol. The lowest BCUT2D eigenvalue weighted by Crippen LogP contribution is -2.22. The van der Waals surface area contributed by atoms with Gasteiger partial charge < -0.3 is 4.74 Å². The van der Waals surface area contributed by atoms with Crippen LogP contribution in [0, 0.1) is 0 Å². The van der Waals surface area contributed by atoms with Crippen molar-refractivity contribution in [3.05, 3.63) is 11.9 Å². The summed E-state index contributed by atoms with van der Waals surface area (Å²) in [5.41, 5.74) is 0.893. The van der Waals surface area contributed by atoms with Gasteiger partial charge in [-0.3, -0.25) is 0 Å². The Morgan fingerprint density at radius 1 is 1.47 bits per heavy atom. The second kappa shape index (κ2) is 5.63. The Hall–Kier alpha value is -0.393. The van der Waals surface area contributed by atoms with Crippen molar-refractivity contribution in [2.45, 2.75) is 38.3 Å². The highest BCUT2D eigenvalue weighted by Crippen LogP contribution is 2.08. The second-order valence-corrected chi connectivity index (χ2v) is 10.6. The van der Waals surface area contributed by atoms with Crippen LogP contribution in [-0.4, -0.2) is 29.7 Å². The van der Waals surface area contributed by atoms with Gasteiger partial charge in [0.05, 0.1) is 17.8 Å². The molecule has 1 heterocycles. The molecule has 0 aromatic carbocycles. The van der Waals surface area contributed by atoms with Gasteiger partial charge in [-0.25, -0.2) is 4.68 Å². The molecule has 4 nitrogen and oxygen atoms in total. The Kier molecular flexibility index (Phi) is 4.75. The Balaban J connectivity index is 2.26. The van der Waals surface area contributed by atoms with Crippen LogP contribution in [0.25, 0.3) is 0 Å². The van der Waals surface area contributed by atoms with E-state index in [9.17, 15) is 0 Å². The number of rotatable bonds is 6. The average molecular weight is 248 g/mol. The summed E-state index contributed by atoms with van der Waals surface area (Å²) >= 11 is 5.71. The molecule has 0 N–H and O–H groups in total. The first-order valence-electron chi connectivity index (χ1n) is 5.04. The fourth-order valence-corrected chi connectivity index (χ4v) is 1.98. The minimum atomic E-state index is -0.998. The first kappa shape index (κ1) is 12.7. The third-order valence-corrected chi connectivity index (χ3v) is 4.02. The molecule has 0 unspecified atom stereocenters. The lowest BCUT2D eigenvalue weighted by atomic mass is 10.5. The highest BCUT2D eigenvalue weighted by Gasteiger charge is 2.12. The van der Waals surface area contributed by atoms with Gasteiger partial charge in [0.2, 0.25) is 0 Å². The van der Waals surface area contributed by atoms with E-state index >= 15 is 0 Å². The van der Waals surface area contributed by atoms with Crippen LogP contribution in [0.5, 0.6) is 0 Å². The van der Waals surface area contributed by atoms with Crippen LogP contribution in [-0.2, 0) is 17.3 Å². The summed E-state index contributed by atoms with van der Waals surface area (Å²) < 4.78 is 7.22. The van der Waals surface area contributed by atoms with E-state index in [0.29, 0.717) is 12.6 Å². The van der Waals surface area contributed by atoms with Gasteiger partial charge in [-0.2, -0.15) is 0 Å². The van der Waals surface area contributed by atoms with E-state index in [0.717, 1.165) is 18.3 Å². The van der Waals surface area contributed by atoms with Crippen LogP contribution in [0.4, 0.5) is 0 Å². The zero-order valence-electron chi connectivity index (χ0n) is 9.53. The van der Waals surface area contributed by atoms with Gasteiger partial charge in [0.15, 0.2) is 0 Å². The van der Waals surface area contributed by atoms with E-state index in [-0.39, 0.29) is 0 Å². The van der Waals surface area contributed by atoms with Gasteiger partial charge in [-0.05, 0) is 6.04 Å². The van der Waals surface area contributed by atoms with E-state index < -0.39 is 8.07 Å². The van der Waals surface area contributed by atoms with Crippen molar-refractivity contribution in [1.29, 1.82) is 0 Å². The second-order valence-electron chi connectivity index (χ2n) is 4.71. The molecule has 0 atom stereocenters. The third-order valence-electron chi connectivity index (χ3n) is 2.04. The maximum atomic E-state index is 5.71. The molecule has 6 heteroatoms. The molecule has 0 fully saturated rings. The number of hydrogen-bond acceptors (Lipinski definition) is 3. The maximum Gasteiger partial charge on any atom is 0.141 e. The fourth-order valence-electron chi connectivity index (χ4n) is 1.02. The van der Waals surface area contributed by atoms with Crippen molar-refractivity contribution in [2.24, 2.45) is 0 Å². The van der Waals surface area contributed by atoms with E-state index in [1.807, 2.05) is 0 Å². The fraction of sp³-hybridized carbons (Fsp3) is 0.778. The molecular weight excluding hydrogens is 230 g/mol. The molecule has 1 aromatic rings. The number of aromatic nitrogens is 3. The van der Waals surface area contributed by atoms with Crippen molar-refractivity contribution in [3.8, 4) is 0 Å². The quantitative estimate of drug-likeness (QED) is 0.440. The van der Waals surface area contributed by atoms with Crippen LogP contribution in [0.3, 0.4) is 0 Å². The number of halogens is 1. The van der Waals surface area contributed by atoms with E-state index in [4.69, 9.17) is 16.3 Å². The summed E-state index contributed by atoms with van der Waals surface area (Å²) in [6, 6.07) is 1.16. The van der Waals surface area contributed by atoms with Crippen LogP contribution >= 0.6 is 11.6 Å². The lowest BCUT2D eigenvalue weighted by molar-refractivity contribution is 0.0756. The first-order chi connectivity index (χ1) is 7.03. The zero-order valence-corrected chi connectivity index (χ0v) is 11.3. The minimum Gasteiger partial charge on any atom is -0.359 e. The standard InChI is InChI=1S/C9H18ClN3OSi/c1-15(2,3)5-4-14-8-13-9(6-10)7-11-12-13/h7H,4-6,8H2,1-3H3. The molecule has 0 amide bonds. The molecule has 0 aliphatic heterocycles. The molecule has 0 aliphatic carbocycles. The Morgan fingerprint density at radius 3 is 2.80 bits per heavy atom. The summed E-state index contributed by atoms with van der Waals surface area (Å²) in [6.07, 6.45) is 1.66. The molecule has 0 saturated heterocycles. The van der Waals surface area contributed by atoms with Crippen molar-refractivity contribution < 1.29 is 4.74 Å². The molecule has 1 rings (SSSR count). The minimum absolute atomic E-state index is 0.421. The predicted octanol–water partition coefficient (Wildman–Crippen LogP) is 2.33. The summed E-state index contributed by atoms with van der Waals surface area (Å²) in [4.78, 5) is 0. The topological polar surface area (TPSA) is 39.9 Å². The number of hydrogen-bond donors (Lipinski definition) is 0. The largest absolute Gasteiger partial charge is 0.359 e. The van der Waals surface area contributed by atoms with Crippen molar-refractivity contribution in [2.75, 3.05) is 6.61 Å². The molecule has 0 spiro atoms. The molecule has 0 saturated carbocycles. The van der Waals surface area contributed by atoms with Crippen molar-refractivity contribution in [1.82, 2.24) is 15.0 Å². The van der Waals surface area contributed by atoms with Gasteiger partial charge >= 0.3 is 0 Å². The van der Waals surface area contributed by atoms with Crippen LogP contribution in [0.2, 0.25) is 25.7 Å². The molecule has 86 valence electrons. The first-order valence-corrected chi connectivity index (χ1v) is 9.28. The normalized spacial score (nSPS) is 12.0. The average Bonchev–Trinajstić information content (AvgIpc) is 2.58. The highest BCUT2D eigenvalue weighted by molar-refractivity contribution is 6.76. The van der Waals surface area contributed by atoms with E-state index in [1.54, 1.807) is 10.9 Å². The van der Waals surface area contributed by atoms with Gasteiger partial charge in [0.25, 0.3) is 0 Å². The monoisotopic (exact) mass is 247 g/mol. The summed E-state index contributed by atoms with van der Waals surface area (Å²) in [6.45, 7) is 8.23. The van der Waals surface area contributed by atoms with Gasteiger partial charge in [0, 0.05) is 14.7 Å². The Bertz CT molecular complexity index is 298. The molecule has 1 aromatic heterocycles. The van der Waals surface area contributed by atoms with E-state index in [2.05, 4.69) is 30.0 Å². The Morgan fingerprint density at radius 2 is 2.20 bits per heavy atom. The maximum absolute atomic E-state index is 5.71. The SMILES string of the molecule is C[Si](C)(C)CCOCn1nncc1CCl. The van der Waals surface area contributed by atoms with Crippen LogP contribution in [0.1, 0.15) is 5.69 Å². The number of nitrogens with zero attached hydrogens (tertiary/aromatic N) is 3.